The van der Waals surface area contributed by atoms with E-state index >= 15 is 0 Å². The van der Waals surface area contributed by atoms with Gasteiger partial charge in [-0.3, -0.25) is 4.79 Å². The van der Waals surface area contributed by atoms with E-state index in [4.69, 9.17) is 0 Å². The Labute approximate surface area is 101 Å². The Balaban J connectivity index is 2.39. The lowest BCUT2D eigenvalue weighted by Crippen LogP contribution is -2.44. The second kappa shape index (κ2) is 6.66. The monoisotopic (exact) mass is 240 g/mol. The molecule has 0 saturated carbocycles. The van der Waals surface area contributed by atoms with Gasteiger partial charge in [0.15, 0.2) is 0 Å². The first kappa shape index (κ1) is 13.2. The summed E-state index contributed by atoms with van der Waals surface area (Å²) in [5.41, 5.74) is 1.24. The third kappa shape index (κ3) is 3.61. The van der Waals surface area contributed by atoms with E-state index in [-0.39, 0.29) is 11.9 Å². The van der Waals surface area contributed by atoms with Crippen molar-refractivity contribution in [2.45, 2.75) is 33.4 Å². The van der Waals surface area contributed by atoms with E-state index in [0.717, 1.165) is 19.6 Å². The van der Waals surface area contributed by atoms with Crippen molar-refractivity contribution in [1.29, 1.82) is 0 Å². The number of nitrogens with zero attached hydrogens (tertiary/aromatic N) is 1. The van der Waals surface area contributed by atoms with E-state index in [1.807, 2.05) is 31.1 Å². The molecule has 0 fully saturated rings. The van der Waals surface area contributed by atoms with E-state index in [0.29, 0.717) is 0 Å². The van der Waals surface area contributed by atoms with Crippen LogP contribution in [0.4, 0.5) is 0 Å². The second-order valence-corrected chi connectivity index (χ2v) is 4.52. The van der Waals surface area contributed by atoms with Crippen molar-refractivity contribution in [2.24, 2.45) is 0 Å². The van der Waals surface area contributed by atoms with Gasteiger partial charge in [-0.15, -0.1) is 0 Å². The quantitative estimate of drug-likeness (QED) is 0.826. The van der Waals surface area contributed by atoms with Gasteiger partial charge in [-0.25, -0.2) is 0 Å². The van der Waals surface area contributed by atoms with Crippen molar-refractivity contribution in [2.75, 3.05) is 13.1 Å². The summed E-state index contributed by atoms with van der Waals surface area (Å²) >= 11 is 1.68. The average Bonchev–Trinajstić information content (AvgIpc) is 2.80. The van der Waals surface area contributed by atoms with Gasteiger partial charge in [0, 0.05) is 19.6 Å². The van der Waals surface area contributed by atoms with E-state index in [1.165, 1.54) is 5.56 Å². The molecule has 4 heteroatoms. The zero-order valence-electron chi connectivity index (χ0n) is 10.2. The van der Waals surface area contributed by atoms with Crippen LogP contribution in [0.25, 0.3) is 0 Å². The highest BCUT2D eigenvalue weighted by Crippen LogP contribution is 2.05. The van der Waals surface area contributed by atoms with Crippen LogP contribution in [0.2, 0.25) is 0 Å². The molecular weight excluding hydrogens is 220 g/mol. The minimum absolute atomic E-state index is 0.111. The van der Waals surface area contributed by atoms with Gasteiger partial charge >= 0.3 is 0 Å². The molecule has 1 heterocycles. The van der Waals surface area contributed by atoms with Crippen LogP contribution in [-0.2, 0) is 11.3 Å². The third-order valence-electron chi connectivity index (χ3n) is 2.64. The van der Waals surface area contributed by atoms with Crippen LogP contribution < -0.4 is 5.32 Å². The van der Waals surface area contributed by atoms with E-state index in [2.05, 4.69) is 16.8 Å². The summed E-state index contributed by atoms with van der Waals surface area (Å²) in [7, 11) is 0. The fourth-order valence-corrected chi connectivity index (χ4v) is 2.23. The number of carbonyl (C=O) groups is 1. The Morgan fingerprint density at radius 1 is 1.50 bits per heavy atom. The van der Waals surface area contributed by atoms with Gasteiger partial charge in [-0.1, -0.05) is 0 Å². The molecule has 0 aliphatic rings. The SMILES string of the molecule is CCN(CC)C(=O)C(C)NCc1ccsc1. The van der Waals surface area contributed by atoms with Crippen LogP contribution in [0.3, 0.4) is 0 Å². The van der Waals surface area contributed by atoms with E-state index in [1.54, 1.807) is 11.3 Å². The van der Waals surface area contributed by atoms with Crippen molar-refractivity contribution in [3.63, 3.8) is 0 Å². The summed E-state index contributed by atoms with van der Waals surface area (Å²) in [6.07, 6.45) is 0. The molecule has 3 nitrogen and oxygen atoms in total. The van der Waals surface area contributed by atoms with Gasteiger partial charge in [0.05, 0.1) is 6.04 Å². The zero-order valence-corrected chi connectivity index (χ0v) is 11.0. The van der Waals surface area contributed by atoms with Gasteiger partial charge < -0.3 is 10.2 Å². The first-order valence-corrected chi connectivity index (χ1v) is 6.66. The normalized spacial score (nSPS) is 12.4. The number of hydrogen-bond donors (Lipinski definition) is 1. The maximum Gasteiger partial charge on any atom is 0.239 e. The van der Waals surface area contributed by atoms with Gasteiger partial charge in [-0.05, 0) is 43.2 Å². The molecule has 0 aromatic carbocycles. The maximum atomic E-state index is 11.9. The first-order chi connectivity index (χ1) is 7.69. The van der Waals surface area contributed by atoms with Gasteiger partial charge in [0.1, 0.15) is 0 Å². The number of carbonyl (C=O) groups excluding carboxylic acids is 1. The highest BCUT2D eigenvalue weighted by molar-refractivity contribution is 7.07. The number of likely N-dealkylation sites (N-methyl/N-ethyl adjacent to an activating group) is 1. The second-order valence-electron chi connectivity index (χ2n) is 3.74. The minimum Gasteiger partial charge on any atom is -0.342 e. The molecule has 16 heavy (non-hydrogen) atoms. The number of nitrogens with one attached hydrogen (secondary N) is 1. The third-order valence-corrected chi connectivity index (χ3v) is 3.37. The number of thiophene rings is 1. The van der Waals surface area contributed by atoms with Crippen LogP contribution in [0.1, 0.15) is 26.3 Å². The molecule has 1 atom stereocenters. The summed E-state index contributed by atoms with van der Waals surface area (Å²) in [6, 6.07) is 1.96. The van der Waals surface area contributed by atoms with Crippen molar-refractivity contribution in [1.82, 2.24) is 10.2 Å². The van der Waals surface area contributed by atoms with Crippen molar-refractivity contribution >= 4 is 17.2 Å². The molecule has 90 valence electrons. The largest absolute Gasteiger partial charge is 0.342 e. The Bertz CT molecular complexity index is 307. The number of amides is 1. The molecule has 0 saturated heterocycles. The molecule has 0 spiro atoms. The zero-order chi connectivity index (χ0) is 12.0. The summed E-state index contributed by atoms with van der Waals surface area (Å²) in [4.78, 5) is 13.8. The smallest absolute Gasteiger partial charge is 0.239 e. The molecule has 0 aliphatic carbocycles. The highest BCUT2D eigenvalue weighted by atomic mass is 32.1. The van der Waals surface area contributed by atoms with Crippen LogP contribution >= 0.6 is 11.3 Å². The Kier molecular flexibility index (Phi) is 5.49. The molecule has 1 rings (SSSR count). The van der Waals surface area contributed by atoms with Gasteiger partial charge in [0.2, 0.25) is 5.91 Å². The van der Waals surface area contributed by atoms with Crippen molar-refractivity contribution in [3.05, 3.63) is 22.4 Å². The average molecular weight is 240 g/mol. The lowest BCUT2D eigenvalue weighted by atomic mass is 10.2. The first-order valence-electron chi connectivity index (χ1n) is 5.72. The minimum atomic E-state index is -0.111. The number of hydrogen-bond acceptors (Lipinski definition) is 3. The summed E-state index contributed by atoms with van der Waals surface area (Å²) in [5.74, 6) is 0.181. The van der Waals surface area contributed by atoms with E-state index in [9.17, 15) is 4.79 Å². The van der Waals surface area contributed by atoms with Crippen LogP contribution in [0, 0.1) is 0 Å². The van der Waals surface area contributed by atoms with Crippen LogP contribution in [0.15, 0.2) is 16.8 Å². The van der Waals surface area contributed by atoms with Crippen LogP contribution in [0.5, 0.6) is 0 Å². The lowest BCUT2D eigenvalue weighted by Gasteiger charge is -2.23. The fraction of sp³-hybridized carbons (Fsp3) is 0.583. The van der Waals surface area contributed by atoms with Crippen molar-refractivity contribution in [3.8, 4) is 0 Å². The predicted octanol–water partition coefficient (Wildman–Crippen LogP) is 2.09. The molecule has 1 aromatic heterocycles. The molecule has 0 aliphatic heterocycles. The highest BCUT2D eigenvalue weighted by Gasteiger charge is 2.17. The maximum absolute atomic E-state index is 11.9. The molecule has 1 N–H and O–H groups in total. The van der Waals surface area contributed by atoms with E-state index < -0.39 is 0 Å². The van der Waals surface area contributed by atoms with Gasteiger partial charge in [0.25, 0.3) is 0 Å². The Hall–Kier alpha value is -0.870. The standard InChI is InChI=1S/C12H20N2OS/c1-4-14(5-2)12(15)10(3)13-8-11-6-7-16-9-11/h6-7,9-10,13H,4-5,8H2,1-3H3. The Morgan fingerprint density at radius 2 is 2.19 bits per heavy atom. The van der Waals surface area contributed by atoms with Crippen molar-refractivity contribution < 1.29 is 4.79 Å². The molecule has 1 unspecified atom stereocenters. The summed E-state index contributed by atoms with van der Waals surface area (Å²) in [6.45, 7) is 8.25. The topological polar surface area (TPSA) is 32.3 Å². The molecule has 1 aromatic rings. The predicted molar refractivity (Wildman–Crippen MR) is 68.5 cm³/mol. The molecular formula is C12H20N2OS. The Morgan fingerprint density at radius 3 is 2.69 bits per heavy atom. The molecule has 0 bridgehead atoms. The number of rotatable bonds is 6. The summed E-state index contributed by atoms with van der Waals surface area (Å²) < 4.78 is 0. The molecule has 1 amide bonds. The molecule has 0 radical (unpaired) electrons. The van der Waals surface area contributed by atoms with Gasteiger partial charge in [-0.2, -0.15) is 11.3 Å². The fourth-order valence-electron chi connectivity index (χ4n) is 1.56. The lowest BCUT2D eigenvalue weighted by molar-refractivity contribution is -0.132. The summed E-state index contributed by atoms with van der Waals surface area (Å²) in [5, 5.41) is 7.40. The van der Waals surface area contributed by atoms with Crippen LogP contribution in [-0.4, -0.2) is 29.9 Å².